The van der Waals surface area contributed by atoms with E-state index in [4.69, 9.17) is 5.73 Å². The summed E-state index contributed by atoms with van der Waals surface area (Å²) < 4.78 is 36.9. The number of likely N-dealkylation sites (tertiary alicyclic amines) is 1. The highest BCUT2D eigenvalue weighted by molar-refractivity contribution is 5.94. The van der Waals surface area contributed by atoms with Crippen LogP contribution < -0.4 is 5.73 Å². The van der Waals surface area contributed by atoms with Gasteiger partial charge in [-0.05, 0) is 18.6 Å². The number of hydrogen-bond acceptors (Lipinski definition) is 3. The number of nitrogens with zero attached hydrogens (tertiary/aromatic N) is 2. The fourth-order valence-corrected chi connectivity index (χ4v) is 1.84. The number of nitrogens with two attached hydrogens (primary N) is 1. The van der Waals surface area contributed by atoms with Gasteiger partial charge in [0, 0.05) is 25.3 Å². The average molecular weight is 259 g/mol. The van der Waals surface area contributed by atoms with Crippen molar-refractivity contribution in [1.29, 1.82) is 0 Å². The molecule has 4 nitrogen and oxygen atoms in total. The molecule has 1 aliphatic rings. The second kappa shape index (κ2) is 4.56. The quantitative estimate of drug-likeness (QED) is 0.826. The van der Waals surface area contributed by atoms with Crippen molar-refractivity contribution in [2.24, 2.45) is 5.73 Å². The van der Waals surface area contributed by atoms with Gasteiger partial charge in [0.25, 0.3) is 5.91 Å². The molecule has 1 amide bonds. The number of pyridine rings is 1. The summed E-state index contributed by atoms with van der Waals surface area (Å²) in [5, 5.41) is 0. The van der Waals surface area contributed by atoms with Crippen LogP contribution in [0.25, 0.3) is 0 Å². The molecule has 7 heteroatoms. The Balaban J connectivity index is 2.12. The summed E-state index contributed by atoms with van der Waals surface area (Å²) in [6, 6.07) is 1.89. The first kappa shape index (κ1) is 12.8. The van der Waals surface area contributed by atoms with Gasteiger partial charge in [0.2, 0.25) is 0 Å². The SMILES string of the molecule is N[C@@H]1CCN(C(=O)c2ccc(C(F)(F)F)nc2)C1. The molecular formula is C11H12F3N3O. The molecule has 2 N–H and O–H groups in total. The van der Waals surface area contributed by atoms with E-state index in [2.05, 4.69) is 4.98 Å². The lowest BCUT2D eigenvalue weighted by Gasteiger charge is -2.15. The van der Waals surface area contributed by atoms with E-state index < -0.39 is 11.9 Å². The fraction of sp³-hybridized carbons (Fsp3) is 0.455. The molecule has 0 saturated carbocycles. The van der Waals surface area contributed by atoms with E-state index in [-0.39, 0.29) is 17.5 Å². The number of hydrogen-bond donors (Lipinski definition) is 1. The maximum Gasteiger partial charge on any atom is 0.433 e. The van der Waals surface area contributed by atoms with Crippen LogP contribution in [0, 0.1) is 0 Å². The third-order valence-corrected chi connectivity index (χ3v) is 2.81. The molecule has 0 spiro atoms. The number of rotatable bonds is 1. The molecule has 1 atom stereocenters. The highest BCUT2D eigenvalue weighted by Gasteiger charge is 2.32. The van der Waals surface area contributed by atoms with E-state index in [1.54, 1.807) is 0 Å². The van der Waals surface area contributed by atoms with E-state index in [0.29, 0.717) is 19.5 Å². The van der Waals surface area contributed by atoms with Crippen molar-refractivity contribution in [3.05, 3.63) is 29.6 Å². The van der Waals surface area contributed by atoms with Gasteiger partial charge in [0.05, 0.1) is 5.56 Å². The zero-order chi connectivity index (χ0) is 13.3. The van der Waals surface area contributed by atoms with Gasteiger partial charge < -0.3 is 10.6 Å². The Morgan fingerprint density at radius 1 is 1.44 bits per heavy atom. The van der Waals surface area contributed by atoms with Gasteiger partial charge in [0.1, 0.15) is 5.69 Å². The van der Waals surface area contributed by atoms with Crippen LogP contribution in [0.2, 0.25) is 0 Å². The molecule has 2 rings (SSSR count). The van der Waals surface area contributed by atoms with E-state index >= 15 is 0 Å². The number of halogens is 3. The summed E-state index contributed by atoms with van der Waals surface area (Å²) in [7, 11) is 0. The van der Waals surface area contributed by atoms with E-state index in [1.807, 2.05) is 0 Å². The minimum absolute atomic E-state index is 0.0589. The van der Waals surface area contributed by atoms with Crippen molar-refractivity contribution >= 4 is 5.91 Å². The third kappa shape index (κ3) is 2.61. The Morgan fingerprint density at radius 2 is 2.17 bits per heavy atom. The van der Waals surface area contributed by atoms with E-state index in [0.717, 1.165) is 18.3 Å². The number of amides is 1. The normalized spacial score (nSPS) is 20.2. The molecule has 98 valence electrons. The van der Waals surface area contributed by atoms with Crippen LogP contribution >= 0.6 is 0 Å². The Kier molecular flexibility index (Phi) is 3.25. The van der Waals surface area contributed by atoms with Crippen LogP contribution in [-0.2, 0) is 6.18 Å². The highest BCUT2D eigenvalue weighted by atomic mass is 19.4. The molecule has 0 radical (unpaired) electrons. The van der Waals surface area contributed by atoms with Gasteiger partial charge in [-0.2, -0.15) is 13.2 Å². The van der Waals surface area contributed by atoms with Gasteiger partial charge in [-0.1, -0.05) is 0 Å². The monoisotopic (exact) mass is 259 g/mol. The molecular weight excluding hydrogens is 247 g/mol. The standard InChI is InChI=1S/C11H12F3N3O/c12-11(13,14)9-2-1-7(5-16-9)10(18)17-4-3-8(15)6-17/h1-2,5,8H,3-4,6,15H2/t8-/m1/s1. The van der Waals surface area contributed by atoms with Crippen LogP contribution in [0.3, 0.4) is 0 Å². The molecule has 1 aromatic rings. The van der Waals surface area contributed by atoms with Crippen molar-refractivity contribution in [3.8, 4) is 0 Å². The van der Waals surface area contributed by atoms with Gasteiger partial charge >= 0.3 is 6.18 Å². The predicted octanol–water partition coefficient (Wildman–Crippen LogP) is 1.27. The zero-order valence-corrected chi connectivity index (χ0v) is 9.44. The molecule has 0 bridgehead atoms. The first-order valence-corrected chi connectivity index (χ1v) is 5.46. The molecule has 0 aromatic carbocycles. The predicted molar refractivity (Wildman–Crippen MR) is 57.7 cm³/mol. The number of carbonyl (C=O) groups excluding carboxylic acids is 1. The maximum absolute atomic E-state index is 12.3. The zero-order valence-electron chi connectivity index (χ0n) is 9.44. The largest absolute Gasteiger partial charge is 0.433 e. The first-order chi connectivity index (χ1) is 8.38. The Labute approximate surface area is 102 Å². The minimum Gasteiger partial charge on any atom is -0.337 e. The van der Waals surface area contributed by atoms with Gasteiger partial charge in [-0.3, -0.25) is 9.78 Å². The van der Waals surface area contributed by atoms with Gasteiger partial charge in [-0.15, -0.1) is 0 Å². The lowest BCUT2D eigenvalue weighted by Crippen LogP contribution is -2.32. The summed E-state index contributed by atoms with van der Waals surface area (Å²) in [4.78, 5) is 16.7. The molecule has 1 saturated heterocycles. The molecule has 0 aliphatic carbocycles. The Morgan fingerprint density at radius 3 is 2.61 bits per heavy atom. The summed E-state index contributed by atoms with van der Waals surface area (Å²) in [6.07, 6.45) is -2.83. The van der Waals surface area contributed by atoms with Crippen molar-refractivity contribution in [3.63, 3.8) is 0 Å². The summed E-state index contributed by atoms with van der Waals surface area (Å²) in [5.74, 6) is -0.329. The summed E-state index contributed by atoms with van der Waals surface area (Å²) >= 11 is 0. The van der Waals surface area contributed by atoms with Crippen molar-refractivity contribution in [2.75, 3.05) is 13.1 Å². The van der Waals surface area contributed by atoms with Gasteiger partial charge in [-0.25, -0.2) is 0 Å². The number of alkyl halides is 3. The van der Waals surface area contributed by atoms with E-state index in [9.17, 15) is 18.0 Å². The number of aromatic nitrogens is 1. The molecule has 0 unspecified atom stereocenters. The molecule has 1 aromatic heterocycles. The summed E-state index contributed by atoms with van der Waals surface area (Å²) in [6.45, 7) is 0.959. The molecule has 18 heavy (non-hydrogen) atoms. The van der Waals surface area contributed by atoms with Crippen LogP contribution in [0.5, 0.6) is 0 Å². The van der Waals surface area contributed by atoms with Crippen molar-refractivity contribution in [2.45, 2.75) is 18.6 Å². The van der Waals surface area contributed by atoms with Crippen LogP contribution in [0.4, 0.5) is 13.2 Å². The number of carbonyl (C=O) groups is 1. The average Bonchev–Trinajstić information content (AvgIpc) is 2.74. The molecule has 2 heterocycles. The van der Waals surface area contributed by atoms with Crippen LogP contribution in [-0.4, -0.2) is 34.9 Å². The van der Waals surface area contributed by atoms with E-state index in [1.165, 1.54) is 4.90 Å². The second-order valence-electron chi connectivity index (χ2n) is 4.23. The first-order valence-electron chi connectivity index (χ1n) is 5.46. The van der Waals surface area contributed by atoms with Crippen LogP contribution in [0.15, 0.2) is 18.3 Å². The topological polar surface area (TPSA) is 59.2 Å². The fourth-order valence-electron chi connectivity index (χ4n) is 1.84. The minimum atomic E-state index is -4.49. The Hall–Kier alpha value is -1.63. The molecule has 1 fully saturated rings. The van der Waals surface area contributed by atoms with Crippen molar-refractivity contribution < 1.29 is 18.0 Å². The lowest BCUT2D eigenvalue weighted by molar-refractivity contribution is -0.141. The van der Waals surface area contributed by atoms with Gasteiger partial charge in [0.15, 0.2) is 0 Å². The lowest BCUT2D eigenvalue weighted by atomic mass is 10.2. The second-order valence-corrected chi connectivity index (χ2v) is 4.23. The smallest absolute Gasteiger partial charge is 0.337 e. The Bertz CT molecular complexity index is 444. The third-order valence-electron chi connectivity index (χ3n) is 2.81. The maximum atomic E-state index is 12.3. The summed E-state index contributed by atoms with van der Waals surface area (Å²) in [5.41, 5.74) is 4.81. The molecule has 1 aliphatic heterocycles. The van der Waals surface area contributed by atoms with Crippen molar-refractivity contribution in [1.82, 2.24) is 9.88 Å². The van der Waals surface area contributed by atoms with Crippen LogP contribution in [0.1, 0.15) is 22.5 Å². The highest BCUT2D eigenvalue weighted by Crippen LogP contribution is 2.27.